The Hall–Kier alpha value is -2.94. The first kappa shape index (κ1) is 23.2. The van der Waals surface area contributed by atoms with E-state index in [9.17, 15) is 4.21 Å². The van der Waals surface area contributed by atoms with Gasteiger partial charge in [-0.25, -0.2) is 4.98 Å². The molecule has 9 heteroatoms. The molecule has 0 bridgehead atoms. The molecule has 1 atom stereocenters. The van der Waals surface area contributed by atoms with E-state index in [1.165, 1.54) is 0 Å². The molecule has 170 valence electrons. The zero-order valence-corrected chi connectivity index (χ0v) is 20.4. The molecular weight excluding hydrogens is 458 g/mol. The maximum Gasteiger partial charge on any atom is 0.268 e. The third-order valence-corrected chi connectivity index (χ3v) is 6.93. The highest BCUT2D eigenvalue weighted by Gasteiger charge is 2.18. The lowest BCUT2D eigenvalue weighted by Crippen LogP contribution is -2.05. The van der Waals surface area contributed by atoms with Crippen LogP contribution in [0.1, 0.15) is 25.1 Å². The van der Waals surface area contributed by atoms with Gasteiger partial charge < -0.3 is 9.73 Å². The summed E-state index contributed by atoms with van der Waals surface area (Å²) in [5.41, 5.74) is 4.40. The van der Waals surface area contributed by atoms with Gasteiger partial charge in [-0.05, 0) is 43.8 Å². The zero-order chi connectivity index (χ0) is 23.5. The molecule has 0 aliphatic rings. The van der Waals surface area contributed by atoms with Crippen molar-refractivity contribution in [1.82, 2.24) is 25.5 Å². The maximum absolute atomic E-state index is 12.4. The van der Waals surface area contributed by atoms with Crippen LogP contribution in [0.15, 0.2) is 58.0 Å². The molecule has 2 aromatic heterocycles. The molecule has 0 fully saturated rings. The van der Waals surface area contributed by atoms with Gasteiger partial charge in [0, 0.05) is 27.8 Å². The number of halogens is 1. The van der Waals surface area contributed by atoms with Crippen molar-refractivity contribution in [1.29, 1.82) is 0 Å². The third-order valence-electron chi connectivity index (χ3n) is 5.04. The molecule has 2 aromatic carbocycles. The van der Waals surface area contributed by atoms with Crippen molar-refractivity contribution in [2.75, 3.05) is 7.05 Å². The minimum absolute atomic E-state index is 0.00363. The van der Waals surface area contributed by atoms with Crippen LogP contribution in [0.3, 0.4) is 0 Å². The van der Waals surface area contributed by atoms with Crippen molar-refractivity contribution in [3.8, 4) is 34.3 Å². The lowest BCUT2D eigenvalue weighted by atomic mass is 10.1. The van der Waals surface area contributed by atoms with E-state index >= 15 is 0 Å². The molecule has 0 radical (unpaired) electrons. The van der Waals surface area contributed by atoms with Gasteiger partial charge in [-0.3, -0.25) is 9.19 Å². The molecule has 0 aliphatic heterocycles. The minimum Gasteiger partial charge on any atom is -0.415 e. The first-order chi connectivity index (χ1) is 15.9. The molecule has 1 unspecified atom stereocenters. The Labute approximate surface area is 200 Å². The quantitative estimate of drug-likeness (QED) is 0.394. The van der Waals surface area contributed by atoms with Crippen molar-refractivity contribution >= 4 is 22.4 Å². The molecule has 0 aliphatic carbocycles. The number of benzene rings is 2. The van der Waals surface area contributed by atoms with Crippen molar-refractivity contribution in [2.24, 2.45) is 0 Å². The van der Waals surface area contributed by atoms with E-state index in [4.69, 9.17) is 21.0 Å². The van der Waals surface area contributed by atoms with Gasteiger partial charge >= 0.3 is 0 Å². The molecule has 1 N–H and O–H groups in total. The Morgan fingerprint density at radius 1 is 1.09 bits per heavy atom. The van der Waals surface area contributed by atoms with E-state index in [2.05, 4.69) is 20.5 Å². The second kappa shape index (κ2) is 9.91. The zero-order valence-electron chi connectivity index (χ0n) is 18.8. The summed E-state index contributed by atoms with van der Waals surface area (Å²) in [7, 11) is 0.783. The number of rotatable bonds is 7. The molecule has 4 rings (SSSR count). The number of aromatic nitrogens is 4. The van der Waals surface area contributed by atoms with Crippen LogP contribution >= 0.6 is 11.6 Å². The van der Waals surface area contributed by atoms with E-state index in [1.807, 2.05) is 58.2 Å². The molecular formula is C24H24ClN5O2S. The highest BCUT2D eigenvalue weighted by atomic mass is 35.5. The molecule has 0 saturated carbocycles. The second-order valence-corrected chi connectivity index (χ2v) is 10.2. The lowest BCUT2D eigenvalue weighted by Gasteiger charge is -2.10. The van der Waals surface area contributed by atoms with Crippen LogP contribution in [-0.4, -0.2) is 36.7 Å². The van der Waals surface area contributed by atoms with Gasteiger partial charge in [0.05, 0.1) is 33.4 Å². The van der Waals surface area contributed by atoms with Crippen molar-refractivity contribution < 1.29 is 8.63 Å². The summed E-state index contributed by atoms with van der Waals surface area (Å²) in [4.78, 5) is 9.84. The highest BCUT2D eigenvalue weighted by Crippen LogP contribution is 2.31. The molecule has 7 nitrogen and oxygen atoms in total. The number of nitrogens with zero attached hydrogens (tertiary/aromatic N) is 4. The fraction of sp³-hybridized carbons (Fsp3) is 0.250. The molecule has 2 heterocycles. The van der Waals surface area contributed by atoms with Crippen LogP contribution in [0.25, 0.3) is 34.3 Å². The normalized spacial score (nSPS) is 12.3. The summed E-state index contributed by atoms with van der Waals surface area (Å²) in [6.45, 7) is 6.43. The Kier molecular flexibility index (Phi) is 6.97. The summed E-state index contributed by atoms with van der Waals surface area (Å²) >= 11 is 6.51. The van der Waals surface area contributed by atoms with E-state index in [0.29, 0.717) is 38.5 Å². The van der Waals surface area contributed by atoms with Crippen LogP contribution in [0.4, 0.5) is 0 Å². The fourth-order valence-corrected chi connectivity index (χ4v) is 4.61. The van der Waals surface area contributed by atoms with Crippen molar-refractivity contribution in [2.45, 2.75) is 37.5 Å². The van der Waals surface area contributed by atoms with Crippen LogP contribution in [-0.2, 0) is 17.3 Å². The van der Waals surface area contributed by atoms with Crippen LogP contribution in [0.2, 0.25) is 5.02 Å². The summed E-state index contributed by atoms with van der Waals surface area (Å²) < 4.78 is 18.3. The van der Waals surface area contributed by atoms with Crippen LogP contribution in [0.5, 0.6) is 0 Å². The predicted molar refractivity (Wildman–Crippen MR) is 130 cm³/mol. The van der Waals surface area contributed by atoms with E-state index in [0.717, 1.165) is 17.7 Å². The Bertz CT molecular complexity index is 1300. The van der Waals surface area contributed by atoms with E-state index < -0.39 is 10.8 Å². The summed E-state index contributed by atoms with van der Waals surface area (Å²) in [6, 6.07) is 13.3. The maximum atomic E-state index is 12.4. The average Bonchev–Trinajstić information content (AvgIpc) is 3.30. The number of hydrogen-bond acceptors (Lipinski definition) is 7. The highest BCUT2D eigenvalue weighted by molar-refractivity contribution is 7.85. The molecule has 0 spiro atoms. The Balaban J connectivity index is 1.65. The average molecular weight is 482 g/mol. The van der Waals surface area contributed by atoms with Gasteiger partial charge in [0.15, 0.2) is 0 Å². The topological polar surface area (TPSA) is 93.8 Å². The number of hydrogen-bond donors (Lipinski definition) is 1. The molecule has 0 saturated heterocycles. The van der Waals surface area contributed by atoms with Crippen molar-refractivity contribution in [3.63, 3.8) is 0 Å². The van der Waals surface area contributed by atoms with Gasteiger partial charge in [0.1, 0.15) is 5.69 Å². The number of aryl methyl sites for hydroxylation is 1. The first-order valence-corrected chi connectivity index (χ1v) is 12.1. The van der Waals surface area contributed by atoms with Gasteiger partial charge in [0.25, 0.3) is 5.89 Å². The van der Waals surface area contributed by atoms with E-state index in [1.54, 1.807) is 18.3 Å². The first-order valence-electron chi connectivity index (χ1n) is 10.5. The predicted octanol–water partition coefficient (Wildman–Crippen LogP) is 5.06. The fourth-order valence-electron chi connectivity index (χ4n) is 3.29. The monoisotopic (exact) mass is 481 g/mol. The molecule has 0 amide bonds. The molecule has 4 aromatic rings. The summed E-state index contributed by atoms with van der Waals surface area (Å²) in [5, 5.41) is 12.0. The summed E-state index contributed by atoms with van der Waals surface area (Å²) in [5.74, 6) is 0.691. The smallest absolute Gasteiger partial charge is 0.268 e. The van der Waals surface area contributed by atoms with Gasteiger partial charge in [-0.1, -0.05) is 43.6 Å². The van der Waals surface area contributed by atoms with Gasteiger partial charge in [-0.2, -0.15) is 0 Å². The minimum atomic E-state index is -1.12. The van der Waals surface area contributed by atoms with Gasteiger partial charge in [0.2, 0.25) is 5.89 Å². The van der Waals surface area contributed by atoms with Crippen molar-refractivity contribution in [3.05, 3.63) is 64.9 Å². The number of nitrogens with one attached hydrogen (secondary N) is 1. The van der Waals surface area contributed by atoms with E-state index in [-0.39, 0.29) is 11.1 Å². The third kappa shape index (κ3) is 5.03. The lowest BCUT2D eigenvalue weighted by molar-refractivity contribution is 0.581. The Morgan fingerprint density at radius 3 is 2.48 bits per heavy atom. The van der Waals surface area contributed by atoms with Crippen LogP contribution in [0, 0.1) is 6.92 Å². The Morgan fingerprint density at radius 2 is 1.82 bits per heavy atom. The second-order valence-electron chi connectivity index (χ2n) is 7.82. The van der Waals surface area contributed by atoms with Crippen LogP contribution < -0.4 is 5.32 Å². The van der Waals surface area contributed by atoms with Gasteiger partial charge in [-0.15, -0.1) is 10.2 Å². The standard InChI is InChI=1S/C24H24ClN5O2S/c1-14(2)33(31)18-9-10-19(20(25)11-18)21-13-27-15(3)22(28-21)24-30-29-23(32-24)17-7-5-16(6-8-17)12-26-4/h5-11,13-14,26H,12H2,1-4H3. The largest absolute Gasteiger partial charge is 0.415 e. The SMILES string of the molecule is CNCc1ccc(-c2nnc(-c3nc(-c4ccc(S(=O)C(C)C)cc4Cl)cnc3C)o2)cc1. The summed E-state index contributed by atoms with van der Waals surface area (Å²) in [6.07, 6.45) is 1.65. The molecule has 33 heavy (non-hydrogen) atoms.